The van der Waals surface area contributed by atoms with E-state index >= 15 is 0 Å². The topological polar surface area (TPSA) is 56.2 Å². The van der Waals surface area contributed by atoms with Gasteiger partial charge in [0.1, 0.15) is 0 Å². The molecule has 1 saturated carbocycles. The Morgan fingerprint density at radius 2 is 2.22 bits per heavy atom. The van der Waals surface area contributed by atoms with E-state index in [1.54, 1.807) is 0 Å². The number of benzene rings is 1. The molecule has 2 heterocycles. The molecule has 0 spiro atoms. The fraction of sp³-hybridized carbons (Fsp3) is 0.444. The highest BCUT2D eigenvalue weighted by molar-refractivity contribution is 5.82. The Morgan fingerprint density at radius 3 is 3.04 bits per heavy atom. The van der Waals surface area contributed by atoms with Crippen LogP contribution in [-0.4, -0.2) is 22.3 Å². The molecule has 1 aliphatic carbocycles. The van der Waals surface area contributed by atoms with Crippen LogP contribution in [-0.2, 0) is 29.5 Å². The largest absolute Gasteiger partial charge is 0.363 e. The fourth-order valence-corrected chi connectivity index (χ4v) is 3.27. The van der Waals surface area contributed by atoms with Gasteiger partial charge in [0.2, 0.25) is 0 Å². The number of hydrogen-bond acceptors (Lipinski definition) is 3. The molecule has 1 unspecified atom stereocenters. The Kier molecular flexibility index (Phi) is 3.65. The number of carbonyl (C=O) groups is 1. The molecule has 2 aromatic rings. The molecule has 5 nitrogen and oxygen atoms in total. The number of amides is 1. The molecule has 2 aliphatic rings. The van der Waals surface area contributed by atoms with Crippen LogP contribution in [0.3, 0.4) is 0 Å². The van der Waals surface area contributed by atoms with Crippen LogP contribution in [0, 0.1) is 0 Å². The monoisotopic (exact) mass is 311 g/mol. The first kappa shape index (κ1) is 14.5. The van der Waals surface area contributed by atoms with Gasteiger partial charge in [0.15, 0.2) is 6.10 Å². The number of hydrogen-bond donors (Lipinski definition) is 1. The van der Waals surface area contributed by atoms with Crippen molar-refractivity contribution in [2.45, 2.75) is 37.8 Å². The zero-order chi connectivity index (χ0) is 15.8. The van der Waals surface area contributed by atoms with E-state index in [2.05, 4.69) is 22.5 Å². The number of rotatable bonds is 4. The van der Waals surface area contributed by atoms with Gasteiger partial charge in [0.25, 0.3) is 5.91 Å². The van der Waals surface area contributed by atoms with Crippen molar-refractivity contribution in [1.82, 2.24) is 15.1 Å². The number of aromatic nitrogens is 2. The molecule has 1 amide bonds. The van der Waals surface area contributed by atoms with E-state index in [-0.39, 0.29) is 5.91 Å². The normalized spacial score (nSPS) is 20.1. The Hall–Kier alpha value is -2.14. The molecule has 1 fully saturated rings. The molecule has 0 saturated heterocycles. The van der Waals surface area contributed by atoms with Gasteiger partial charge in [-0.15, -0.1) is 0 Å². The van der Waals surface area contributed by atoms with Gasteiger partial charge >= 0.3 is 0 Å². The third kappa shape index (κ3) is 2.88. The lowest BCUT2D eigenvalue weighted by Crippen LogP contribution is -2.33. The number of carbonyl (C=O) groups excluding carboxylic acids is 1. The summed E-state index contributed by atoms with van der Waals surface area (Å²) in [5, 5.41) is 7.46. The highest BCUT2D eigenvalue weighted by Crippen LogP contribution is 2.39. The third-order valence-electron chi connectivity index (χ3n) is 4.64. The van der Waals surface area contributed by atoms with E-state index in [0.717, 1.165) is 17.7 Å². The van der Waals surface area contributed by atoms with E-state index in [1.807, 2.05) is 29.9 Å². The summed E-state index contributed by atoms with van der Waals surface area (Å²) in [5.41, 5.74) is 4.36. The van der Waals surface area contributed by atoms with Gasteiger partial charge in [0.05, 0.1) is 18.8 Å². The zero-order valence-corrected chi connectivity index (χ0v) is 13.3. The van der Waals surface area contributed by atoms with Crippen LogP contribution in [0.1, 0.15) is 47.4 Å². The van der Waals surface area contributed by atoms with Crippen molar-refractivity contribution < 1.29 is 9.53 Å². The van der Waals surface area contributed by atoms with Gasteiger partial charge in [-0.3, -0.25) is 9.48 Å². The van der Waals surface area contributed by atoms with Gasteiger partial charge in [-0.25, -0.2) is 0 Å². The SMILES string of the molecule is Cn1nc(CNC(=O)C2OCCc3ccccc32)cc1C1CC1. The summed E-state index contributed by atoms with van der Waals surface area (Å²) < 4.78 is 7.63. The van der Waals surface area contributed by atoms with Crippen LogP contribution in [0.25, 0.3) is 0 Å². The predicted molar refractivity (Wildman–Crippen MR) is 85.9 cm³/mol. The molecule has 1 aliphatic heterocycles. The van der Waals surface area contributed by atoms with Crippen LogP contribution in [0.4, 0.5) is 0 Å². The van der Waals surface area contributed by atoms with E-state index in [1.165, 1.54) is 24.1 Å². The summed E-state index contributed by atoms with van der Waals surface area (Å²) >= 11 is 0. The van der Waals surface area contributed by atoms with Gasteiger partial charge in [0, 0.05) is 18.7 Å². The first-order valence-electron chi connectivity index (χ1n) is 8.22. The zero-order valence-electron chi connectivity index (χ0n) is 13.3. The second kappa shape index (κ2) is 5.81. The van der Waals surface area contributed by atoms with Crippen molar-refractivity contribution in [3.63, 3.8) is 0 Å². The third-order valence-corrected chi connectivity index (χ3v) is 4.64. The highest BCUT2D eigenvalue weighted by Gasteiger charge is 2.29. The minimum Gasteiger partial charge on any atom is -0.363 e. The van der Waals surface area contributed by atoms with Crippen LogP contribution in [0.5, 0.6) is 0 Å². The van der Waals surface area contributed by atoms with Gasteiger partial charge in [-0.2, -0.15) is 5.10 Å². The van der Waals surface area contributed by atoms with E-state index in [0.29, 0.717) is 19.1 Å². The highest BCUT2D eigenvalue weighted by atomic mass is 16.5. The first-order chi connectivity index (χ1) is 11.2. The fourth-order valence-electron chi connectivity index (χ4n) is 3.27. The summed E-state index contributed by atoms with van der Waals surface area (Å²) in [6.07, 6.45) is 2.85. The lowest BCUT2D eigenvalue weighted by atomic mass is 9.97. The molecule has 1 atom stereocenters. The van der Waals surface area contributed by atoms with Crippen molar-refractivity contribution in [1.29, 1.82) is 0 Å². The summed E-state index contributed by atoms with van der Waals surface area (Å²) in [6, 6.07) is 10.1. The predicted octanol–water partition coefficient (Wildman–Crippen LogP) is 2.23. The van der Waals surface area contributed by atoms with Gasteiger partial charge in [-0.1, -0.05) is 24.3 Å². The molecule has 23 heavy (non-hydrogen) atoms. The summed E-state index contributed by atoms with van der Waals surface area (Å²) in [6.45, 7) is 1.03. The standard InChI is InChI=1S/C18H21N3O2/c1-21-16(13-6-7-13)10-14(20-21)11-19-18(22)17-15-5-3-2-4-12(15)8-9-23-17/h2-5,10,13,17H,6-9,11H2,1H3,(H,19,22). The molecule has 120 valence electrons. The van der Waals surface area contributed by atoms with Crippen molar-refractivity contribution in [3.05, 3.63) is 52.8 Å². The van der Waals surface area contributed by atoms with Crippen LogP contribution >= 0.6 is 0 Å². The van der Waals surface area contributed by atoms with Crippen LogP contribution in [0.15, 0.2) is 30.3 Å². The average molecular weight is 311 g/mol. The Balaban J connectivity index is 1.43. The molecule has 1 aromatic carbocycles. The van der Waals surface area contributed by atoms with Crippen molar-refractivity contribution in [2.75, 3.05) is 6.61 Å². The molecule has 0 bridgehead atoms. The molecule has 1 aromatic heterocycles. The second-order valence-electron chi connectivity index (χ2n) is 6.38. The maximum atomic E-state index is 12.5. The Bertz CT molecular complexity index is 734. The van der Waals surface area contributed by atoms with Gasteiger partial charge < -0.3 is 10.1 Å². The minimum absolute atomic E-state index is 0.0872. The smallest absolute Gasteiger partial charge is 0.254 e. The van der Waals surface area contributed by atoms with E-state index < -0.39 is 6.10 Å². The number of aryl methyl sites for hydroxylation is 1. The lowest BCUT2D eigenvalue weighted by Gasteiger charge is -2.25. The number of nitrogens with zero attached hydrogens (tertiary/aromatic N) is 2. The number of nitrogens with one attached hydrogen (secondary N) is 1. The molecule has 5 heteroatoms. The quantitative estimate of drug-likeness (QED) is 0.942. The number of fused-ring (bicyclic) bond motifs is 1. The molecular weight excluding hydrogens is 290 g/mol. The van der Waals surface area contributed by atoms with Crippen molar-refractivity contribution in [3.8, 4) is 0 Å². The van der Waals surface area contributed by atoms with Gasteiger partial charge in [-0.05, 0) is 36.5 Å². The van der Waals surface area contributed by atoms with Crippen LogP contribution in [0.2, 0.25) is 0 Å². The van der Waals surface area contributed by atoms with Crippen molar-refractivity contribution in [2.24, 2.45) is 7.05 Å². The molecular formula is C18H21N3O2. The molecule has 0 radical (unpaired) electrons. The average Bonchev–Trinajstić information content (AvgIpc) is 3.35. The lowest BCUT2D eigenvalue weighted by molar-refractivity contribution is -0.134. The summed E-state index contributed by atoms with van der Waals surface area (Å²) in [4.78, 5) is 12.5. The van der Waals surface area contributed by atoms with E-state index in [4.69, 9.17) is 4.74 Å². The maximum Gasteiger partial charge on any atom is 0.254 e. The maximum absolute atomic E-state index is 12.5. The molecule has 4 rings (SSSR count). The van der Waals surface area contributed by atoms with Crippen molar-refractivity contribution >= 4 is 5.91 Å². The van der Waals surface area contributed by atoms with E-state index in [9.17, 15) is 4.79 Å². The minimum atomic E-state index is -0.508. The Labute approximate surface area is 135 Å². The van der Waals surface area contributed by atoms with Crippen LogP contribution < -0.4 is 5.32 Å². The molecule has 1 N–H and O–H groups in total. The Morgan fingerprint density at radius 1 is 1.39 bits per heavy atom. The summed E-state index contributed by atoms with van der Waals surface area (Å²) in [7, 11) is 1.97. The summed E-state index contributed by atoms with van der Waals surface area (Å²) in [5.74, 6) is 0.571. The first-order valence-corrected chi connectivity index (χ1v) is 8.22. The number of ether oxygens (including phenoxy) is 1. The second-order valence-corrected chi connectivity index (χ2v) is 6.38.